The normalized spacial score (nSPS) is 14.3. The van der Waals surface area contributed by atoms with Crippen LogP contribution in [0.5, 0.6) is 0 Å². The van der Waals surface area contributed by atoms with Crippen LogP contribution in [0.3, 0.4) is 0 Å². The fourth-order valence-electron chi connectivity index (χ4n) is 3.43. The number of hydrogen-bond donors (Lipinski definition) is 0. The Balaban J connectivity index is 1.77. The average Bonchev–Trinajstić information content (AvgIpc) is 3.36. The van der Waals surface area contributed by atoms with Gasteiger partial charge in [-0.25, -0.2) is 4.98 Å². The predicted molar refractivity (Wildman–Crippen MR) is 111 cm³/mol. The first-order valence-electron chi connectivity index (χ1n) is 9.46. The summed E-state index contributed by atoms with van der Waals surface area (Å²) in [5.74, 6) is 8.26. The molecule has 7 nitrogen and oxygen atoms in total. The maximum absolute atomic E-state index is 13.1. The van der Waals surface area contributed by atoms with Crippen LogP contribution in [-0.2, 0) is 19.3 Å². The third kappa shape index (κ3) is 3.54. The molecule has 0 amide bonds. The molecule has 0 unspecified atom stereocenters. The van der Waals surface area contributed by atoms with E-state index in [2.05, 4.69) is 16.7 Å². The van der Waals surface area contributed by atoms with Crippen LogP contribution in [-0.4, -0.2) is 32.2 Å². The maximum atomic E-state index is 13.1. The SMILES string of the molecule is CC#CCn1c(N2CCCCC2)nc2nc(SCc3ccco3)n(C)c(=O)c21. The van der Waals surface area contributed by atoms with E-state index in [0.29, 0.717) is 28.6 Å². The van der Waals surface area contributed by atoms with Gasteiger partial charge < -0.3 is 9.32 Å². The summed E-state index contributed by atoms with van der Waals surface area (Å²) < 4.78 is 8.90. The molecule has 0 bridgehead atoms. The molecule has 0 N–H and O–H groups in total. The molecule has 0 saturated carbocycles. The van der Waals surface area contributed by atoms with Crippen molar-refractivity contribution in [2.75, 3.05) is 18.0 Å². The summed E-state index contributed by atoms with van der Waals surface area (Å²) in [6.45, 7) is 4.14. The van der Waals surface area contributed by atoms with Crippen LogP contribution < -0.4 is 10.5 Å². The van der Waals surface area contributed by atoms with E-state index in [4.69, 9.17) is 14.4 Å². The zero-order valence-electron chi connectivity index (χ0n) is 16.1. The zero-order chi connectivity index (χ0) is 19.5. The first-order valence-corrected chi connectivity index (χ1v) is 10.4. The van der Waals surface area contributed by atoms with E-state index in [0.717, 1.165) is 37.6 Å². The van der Waals surface area contributed by atoms with Crippen molar-refractivity contribution >= 4 is 28.9 Å². The minimum atomic E-state index is -0.0967. The van der Waals surface area contributed by atoms with Gasteiger partial charge >= 0.3 is 0 Å². The first kappa shape index (κ1) is 18.7. The molecule has 8 heteroatoms. The van der Waals surface area contributed by atoms with Gasteiger partial charge in [0.05, 0.1) is 18.6 Å². The molecule has 28 heavy (non-hydrogen) atoms. The van der Waals surface area contributed by atoms with E-state index < -0.39 is 0 Å². The van der Waals surface area contributed by atoms with Gasteiger partial charge in [-0.3, -0.25) is 13.9 Å². The van der Waals surface area contributed by atoms with E-state index in [-0.39, 0.29) is 5.56 Å². The van der Waals surface area contributed by atoms with Crippen LogP contribution in [0.4, 0.5) is 5.95 Å². The molecule has 1 aliphatic heterocycles. The number of imidazole rings is 1. The van der Waals surface area contributed by atoms with Crippen LogP contribution in [0.2, 0.25) is 0 Å². The van der Waals surface area contributed by atoms with Gasteiger partial charge in [-0.2, -0.15) is 4.98 Å². The highest BCUT2D eigenvalue weighted by Gasteiger charge is 2.23. The summed E-state index contributed by atoms with van der Waals surface area (Å²) in [5, 5.41) is 0.630. The molecule has 3 aromatic rings. The Kier molecular flexibility index (Phi) is 5.44. The summed E-state index contributed by atoms with van der Waals surface area (Å²) >= 11 is 1.47. The fraction of sp³-hybridized carbons (Fsp3) is 0.450. The lowest BCUT2D eigenvalue weighted by molar-refractivity contribution is 0.530. The molecule has 0 atom stereocenters. The smallest absolute Gasteiger partial charge is 0.280 e. The summed E-state index contributed by atoms with van der Waals surface area (Å²) in [6, 6.07) is 3.77. The molecule has 1 fully saturated rings. The Morgan fingerprint density at radius 2 is 2.07 bits per heavy atom. The van der Waals surface area contributed by atoms with Crippen molar-refractivity contribution in [3.05, 3.63) is 34.5 Å². The lowest BCUT2D eigenvalue weighted by Crippen LogP contribution is -2.32. The van der Waals surface area contributed by atoms with Crippen molar-refractivity contribution in [2.24, 2.45) is 7.05 Å². The van der Waals surface area contributed by atoms with E-state index in [1.54, 1.807) is 24.8 Å². The molecular formula is C20H23N5O2S. The van der Waals surface area contributed by atoms with Crippen LogP contribution in [0.25, 0.3) is 11.2 Å². The fourth-order valence-corrected chi connectivity index (χ4v) is 4.29. The Labute approximate surface area is 167 Å². The number of aromatic nitrogens is 4. The third-order valence-corrected chi connectivity index (χ3v) is 5.95. The number of anilines is 1. The van der Waals surface area contributed by atoms with Gasteiger partial charge in [0.1, 0.15) is 5.76 Å². The largest absolute Gasteiger partial charge is 0.468 e. The summed E-state index contributed by atoms with van der Waals surface area (Å²) in [7, 11) is 1.75. The van der Waals surface area contributed by atoms with Gasteiger partial charge in [0.25, 0.3) is 5.56 Å². The van der Waals surface area contributed by atoms with E-state index >= 15 is 0 Å². The number of fused-ring (bicyclic) bond motifs is 1. The minimum absolute atomic E-state index is 0.0967. The van der Waals surface area contributed by atoms with E-state index in [1.165, 1.54) is 18.2 Å². The summed E-state index contributed by atoms with van der Waals surface area (Å²) in [5.41, 5.74) is 0.914. The first-order chi connectivity index (χ1) is 13.7. The highest BCUT2D eigenvalue weighted by molar-refractivity contribution is 7.98. The quantitative estimate of drug-likeness (QED) is 0.374. The Morgan fingerprint density at radius 3 is 2.79 bits per heavy atom. The maximum Gasteiger partial charge on any atom is 0.280 e. The van der Waals surface area contributed by atoms with Crippen LogP contribution in [0, 0.1) is 11.8 Å². The zero-order valence-corrected chi connectivity index (χ0v) is 17.0. The summed E-state index contributed by atoms with van der Waals surface area (Å²) in [6.07, 6.45) is 5.16. The second-order valence-electron chi connectivity index (χ2n) is 6.77. The molecule has 0 spiro atoms. The summed E-state index contributed by atoms with van der Waals surface area (Å²) in [4.78, 5) is 24.9. The van der Waals surface area contributed by atoms with Crippen molar-refractivity contribution < 1.29 is 4.42 Å². The van der Waals surface area contributed by atoms with Gasteiger partial charge in [-0.05, 0) is 38.3 Å². The van der Waals surface area contributed by atoms with Crippen molar-refractivity contribution in [3.8, 4) is 11.8 Å². The lowest BCUT2D eigenvalue weighted by Gasteiger charge is -2.27. The number of furan rings is 1. The topological polar surface area (TPSA) is 69.1 Å². The van der Waals surface area contributed by atoms with Gasteiger partial charge in [-0.15, -0.1) is 5.92 Å². The van der Waals surface area contributed by atoms with Gasteiger partial charge in [-0.1, -0.05) is 17.7 Å². The van der Waals surface area contributed by atoms with Crippen LogP contribution in [0.15, 0.2) is 32.8 Å². The minimum Gasteiger partial charge on any atom is -0.468 e. The van der Waals surface area contributed by atoms with Gasteiger partial charge in [0.2, 0.25) is 5.95 Å². The van der Waals surface area contributed by atoms with E-state index in [9.17, 15) is 4.79 Å². The van der Waals surface area contributed by atoms with Crippen LogP contribution >= 0.6 is 11.8 Å². The molecule has 3 aromatic heterocycles. The molecule has 4 heterocycles. The Bertz CT molecular complexity index is 1080. The molecular weight excluding hydrogens is 374 g/mol. The van der Waals surface area contributed by atoms with E-state index in [1.807, 2.05) is 16.7 Å². The molecule has 0 aromatic carbocycles. The number of rotatable bonds is 5. The van der Waals surface area contributed by atoms with Gasteiger partial charge in [0, 0.05) is 20.1 Å². The number of thioether (sulfide) groups is 1. The Morgan fingerprint density at radius 1 is 1.25 bits per heavy atom. The standard InChI is InChI=1S/C20H23N5O2S/c1-3-4-12-25-16-17(21-19(25)24-10-6-5-7-11-24)22-20(23(2)18(16)26)28-14-15-9-8-13-27-15/h8-9,13H,5-7,10-12,14H2,1-2H3. The van der Waals surface area contributed by atoms with Crippen molar-refractivity contribution in [3.63, 3.8) is 0 Å². The predicted octanol–water partition coefficient (Wildman–Crippen LogP) is 3.03. The van der Waals surface area contributed by atoms with Crippen molar-refractivity contribution in [1.29, 1.82) is 0 Å². The number of nitrogens with zero attached hydrogens (tertiary/aromatic N) is 5. The van der Waals surface area contributed by atoms with Gasteiger partial charge in [0.15, 0.2) is 16.3 Å². The molecule has 146 valence electrons. The molecule has 0 aliphatic carbocycles. The average molecular weight is 398 g/mol. The lowest BCUT2D eigenvalue weighted by atomic mass is 10.1. The Hall–Kier alpha value is -2.66. The number of piperidine rings is 1. The second-order valence-corrected chi connectivity index (χ2v) is 7.71. The molecule has 4 rings (SSSR count). The molecule has 1 aliphatic rings. The molecule has 1 saturated heterocycles. The van der Waals surface area contributed by atoms with Crippen molar-refractivity contribution in [1.82, 2.24) is 19.1 Å². The molecule has 0 radical (unpaired) electrons. The highest BCUT2D eigenvalue weighted by atomic mass is 32.2. The number of hydrogen-bond acceptors (Lipinski definition) is 6. The monoisotopic (exact) mass is 397 g/mol. The van der Waals surface area contributed by atoms with Crippen LogP contribution in [0.1, 0.15) is 31.9 Å². The third-order valence-electron chi connectivity index (χ3n) is 4.90. The highest BCUT2D eigenvalue weighted by Crippen LogP contribution is 2.25. The van der Waals surface area contributed by atoms with Crippen molar-refractivity contribution in [2.45, 2.75) is 43.6 Å². The second kappa shape index (κ2) is 8.15.